The van der Waals surface area contributed by atoms with Gasteiger partial charge in [-0.2, -0.15) is 4.31 Å². The minimum atomic E-state index is -3.57. The van der Waals surface area contributed by atoms with Crippen LogP contribution in [0.25, 0.3) is 0 Å². The van der Waals surface area contributed by atoms with Crippen LogP contribution in [0.3, 0.4) is 0 Å². The summed E-state index contributed by atoms with van der Waals surface area (Å²) >= 11 is 0. The summed E-state index contributed by atoms with van der Waals surface area (Å²) in [4.78, 5) is 15.5. The lowest BCUT2D eigenvalue weighted by molar-refractivity contribution is -0.126. The Balaban J connectivity index is 1.32. The van der Waals surface area contributed by atoms with E-state index >= 15 is 0 Å². The van der Waals surface area contributed by atoms with Crippen molar-refractivity contribution in [3.8, 4) is 0 Å². The molecule has 2 aromatic carbocycles. The maximum absolute atomic E-state index is 12.9. The number of anilines is 1. The topological polar surface area (TPSA) is 69.7 Å². The third kappa shape index (κ3) is 5.33. The maximum Gasteiger partial charge on any atom is 0.243 e. The number of hydrogen-bond acceptors (Lipinski definition) is 4. The summed E-state index contributed by atoms with van der Waals surface area (Å²) in [7, 11) is -3.57. The Bertz CT molecular complexity index is 1010. The van der Waals surface area contributed by atoms with Crippen LogP contribution in [0.5, 0.6) is 0 Å². The van der Waals surface area contributed by atoms with E-state index in [0.717, 1.165) is 24.6 Å². The van der Waals surface area contributed by atoms with Crippen molar-refractivity contribution in [2.24, 2.45) is 11.8 Å². The molecule has 172 valence electrons. The van der Waals surface area contributed by atoms with E-state index < -0.39 is 10.0 Å². The maximum atomic E-state index is 12.9. The van der Waals surface area contributed by atoms with Crippen molar-refractivity contribution in [3.05, 3.63) is 60.2 Å². The van der Waals surface area contributed by atoms with Crippen molar-refractivity contribution >= 4 is 21.6 Å². The number of nitrogens with one attached hydrogen (secondary N) is 1. The molecule has 0 unspecified atom stereocenters. The lowest BCUT2D eigenvalue weighted by Gasteiger charge is -2.33. The highest BCUT2D eigenvalue weighted by molar-refractivity contribution is 7.89. The highest BCUT2D eigenvalue weighted by Gasteiger charge is 2.33. The molecule has 1 N–H and O–H groups in total. The number of carbonyl (C=O) groups is 1. The summed E-state index contributed by atoms with van der Waals surface area (Å²) in [6, 6.07) is 16.9. The standard InChI is InChI=1S/C25H33N3O3S/c1-20-7-5-15-27(18-20)23-13-11-21(12-14-23)17-26-25(29)22-8-6-16-28(19-22)32(30,31)24-9-3-2-4-10-24/h2-4,9-14,20,22H,5-8,15-19H2,1H3,(H,26,29)/t20-,22-/m1/s1. The summed E-state index contributed by atoms with van der Waals surface area (Å²) in [5.41, 5.74) is 2.29. The zero-order chi connectivity index (χ0) is 22.6. The van der Waals surface area contributed by atoms with Crippen LogP contribution in [0.2, 0.25) is 0 Å². The molecule has 0 aliphatic carbocycles. The lowest BCUT2D eigenvalue weighted by Crippen LogP contribution is -2.45. The molecule has 2 atom stereocenters. The first kappa shape index (κ1) is 22.8. The second-order valence-electron chi connectivity index (χ2n) is 9.09. The molecule has 4 rings (SSSR count). The third-order valence-corrected chi connectivity index (χ3v) is 8.44. The van der Waals surface area contributed by atoms with Gasteiger partial charge in [0.25, 0.3) is 0 Å². The van der Waals surface area contributed by atoms with Crippen LogP contribution in [-0.2, 0) is 21.4 Å². The van der Waals surface area contributed by atoms with E-state index in [1.165, 1.54) is 22.8 Å². The SMILES string of the molecule is C[C@@H]1CCCN(c2ccc(CNC(=O)[C@@H]3CCCN(S(=O)(=O)c4ccccc4)C3)cc2)C1. The van der Waals surface area contributed by atoms with Gasteiger partial charge < -0.3 is 10.2 Å². The third-order valence-electron chi connectivity index (χ3n) is 6.56. The Morgan fingerprint density at radius 1 is 0.969 bits per heavy atom. The molecule has 0 spiro atoms. The molecule has 2 heterocycles. The molecular weight excluding hydrogens is 422 g/mol. The fraction of sp³-hybridized carbons (Fsp3) is 0.480. The van der Waals surface area contributed by atoms with Crippen molar-refractivity contribution in [3.63, 3.8) is 0 Å². The molecule has 0 saturated carbocycles. The lowest BCUT2D eigenvalue weighted by atomic mass is 9.98. The molecule has 0 aromatic heterocycles. The summed E-state index contributed by atoms with van der Waals surface area (Å²) in [5.74, 6) is 0.326. The van der Waals surface area contributed by atoms with E-state index in [1.807, 2.05) is 0 Å². The van der Waals surface area contributed by atoms with E-state index in [4.69, 9.17) is 0 Å². The highest BCUT2D eigenvalue weighted by atomic mass is 32.2. The Morgan fingerprint density at radius 3 is 2.41 bits per heavy atom. The second kappa shape index (κ2) is 10.0. The summed E-state index contributed by atoms with van der Waals surface area (Å²) in [6.07, 6.45) is 3.93. The molecule has 2 saturated heterocycles. The van der Waals surface area contributed by atoms with Crippen LogP contribution in [0.4, 0.5) is 5.69 Å². The molecular formula is C25H33N3O3S. The van der Waals surface area contributed by atoms with Crippen LogP contribution in [0, 0.1) is 11.8 Å². The van der Waals surface area contributed by atoms with E-state index in [2.05, 4.69) is 41.4 Å². The van der Waals surface area contributed by atoms with Gasteiger partial charge in [0.1, 0.15) is 0 Å². The zero-order valence-corrected chi connectivity index (χ0v) is 19.6. The molecule has 2 fully saturated rings. The van der Waals surface area contributed by atoms with Crippen LogP contribution < -0.4 is 10.2 Å². The zero-order valence-electron chi connectivity index (χ0n) is 18.7. The number of sulfonamides is 1. The highest BCUT2D eigenvalue weighted by Crippen LogP contribution is 2.25. The average Bonchev–Trinajstić information content (AvgIpc) is 2.83. The van der Waals surface area contributed by atoms with Crippen LogP contribution >= 0.6 is 0 Å². The molecule has 6 nitrogen and oxygen atoms in total. The number of amides is 1. The summed E-state index contributed by atoms with van der Waals surface area (Å²) in [6.45, 7) is 5.64. The van der Waals surface area contributed by atoms with Gasteiger partial charge in [-0.3, -0.25) is 4.79 Å². The van der Waals surface area contributed by atoms with E-state index in [-0.39, 0.29) is 23.3 Å². The largest absolute Gasteiger partial charge is 0.371 e. The van der Waals surface area contributed by atoms with Gasteiger partial charge in [0.15, 0.2) is 0 Å². The van der Waals surface area contributed by atoms with Gasteiger partial charge >= 0.3 is 0 Å². The monoisotopic (exact) mass is 455 g/mol. The number of nitrogens with zero attached hydrogens (tertiary/aromatic N) is 2. The van der Waals surface area contributed by atoms with Gasteiger partial charge in [0, 0.05) is 38.4 Å². The van der Waals surface area contributed by atoms with Crippen molar-refractivity contribution in [2.75, 3.05) is 31.1 Å². The smallest absolute Gasteiger partial charge is 0.243 e. The molecule has 7 heteroatoms. The second-order valence-corrected chi connectivity index (χ2v) is 11.0. The molecule has 0 radical (unpaired) electrons. The van der Waals surface area contributed by atoms with Crippen molar-refractivity contribution < 1.29 is 13.2 Å². The van der Waals surface area contributed by atoms with Gasteiger partial charge in [-0.15, -0.1) is 0 Å². The van der Waals surface area contributed by atoms with E-state index in [9.17, 15) is 13.2 Å². The van der Waals surface area contributed by atoms with Crippen LogP contribution in [-0.4, -0.2) is 44.8 Å². The molecule has 1 amide bonds. The minimum absolute atomic E-state index is 0.0770. The molecule has 2 aliphatic rings. The van der Waals surface area contributed by atoms with Gasteiger partial charge in [0.05, 0.1) is 10.8 Å². The fourth-order valence-electron chi connectivity index (χ4n) is 4.70. The fourth-order valence-corrected chi connectivity index (χ4v) is 6.24. The Labute approximate surface area is 191 Å². The Kier molecular flexibility index (Phi) is 7.16. The normalized spacial score (nSPS) is 22.5. The quantitative estimate of drug-likeness (QED) is 0.722. The molecule has 2 aliphatic heterocycles. The van der Waals surface area contributed by atoms with Crippen molar-refractivity contribution in [1.29, 1.82) is 0 Å². The number of benzene rings is 2. The van der Waals surface area contributed by atoms with Crippen molar-refractivity contribution in [1.82, 2.24) is 9.62 Å². The number of carbonyl (C=O) groups excluding carboxylic acids is 1. The van der Waals surface area contributed by atoms with Crippen molar-refractivity contribution in [2.45, 2.75) is 44.0 Å². The Hall–Kier alpha value is -2.38. The first-order chi connectivity index (χ1) is 15.4. The minimum Gasteiger partial charge on any atom is -0.371 e. The van der Waals surface area contributed by atoms with Crippen LogP contribution in [0.15, 0.2) is 59.5 Å². The average molecular weight is 456 g/mol. The van der Waals surface area contributed by atoms with Gasteiger partial charge in [0.2, 0.25) is 15.9 Å². The first-order valence-electron chi connectivity index (χ1n) is 11.6. The van der Waals surface area contributed by atoms with Gasteiger partial charge in [-0.25, -0.2) is 8.42 Å². The summed E-state index contributed by atoms with van der Waals surface area (Å²) in [5, 5.41) is 3.01. The first-order valence-corrected chi connectivity index (χ1v) is 13.0. The summed E-state index contributed by atoms with van der Waals surface area (Å²) < 4.78 is 27.3. The molecule has 2 aromatic rings. The van der Waals surface area contributed by atoms with Crippen LogP contribution in [0.1, 0.15) is 38.2 Å². The van der Waals surface area contributed by atoms with E-state index in [0.29, 0.717) is 25.9 Å². The van der Waals surface area contributed by atoms with Gasteiger partial charge in [-0.1, -0.05) is 37.3 Å². The number of piperidine rings is 2. The number of rotatable bonds is 6. The van der Waals surface area contributed by atoms with Gasteiger partial charge in [-0.05, 0) is 61.4 Å². The Morgan fingerprint density at radius 2 is 1.69 bits per heavy atom. The molecule has 32 heavy (non-hydrogen) atoms. The number of hydrogen-bond donors (Lipinski definition) is 1. The molecule has 0 bridgehead atoms. The van der Waals surface area contributed by atoms with E-state index in [1.54, 1.807) is 30.3 Å². The predicted octanol–water partition coefficient (Wildman–Crippen LogP) is 3.64. The predicted molar refractivity (Wildman–Crippen MR) is 127 cm³/mol.